The number of nitrogens with two attached hydrogens (primary N) is 1. The van der Waals surface area contributed by atoms with Crippen molar-refractivity contribution >= 4 is 23.5 Å². The summed E-state index contributed by atoms with van der Waals surface area (Å²) in [5.41, 5.74) is 6.22. The van der Waals surface area contributed by atoms with Crippen LogP contribution in [0.1, 0.15) is 26.3 Å². The Hall–Kier alpha value is -1.23. The first-order chi connectivity index (χ1) is 7.88. The number of carbonyl (C=O) groups is 1. The van der Waals surface area contributed by atoms with Gasteiger partial charge in [-0.2, -0.15) is 0 Å². The van der Waals surface area contributed by atoms with Crippen molar-refractivity contribution in [2.45, 2.75) is 32.1 Å². The number of hydrogen-bond donors (Lipinski definition) is 1. The number of hydrogen-bond acceptors (Lipinski definition) is 5. The summed E-state index contributed by atoms with van der Waals surface area (Å²) < 4.78 is 5.20. The van der Waals surface area contributed by atoms with Gasteiger partial charge in [-0.05, 0) is 26.8 Å². The van der Waals surface area contributed by atoms with Crippen LogP contribution in [0.2, 0.25) is 0 Å². The van der Waals surface area contributed by atoms with E-state index in [1.165, 1.54) is 11.8 Å². The van der Waals surface area contributed by atoms with E-state index in [0.717, 1.165) is 5.56 Å². The predicted octanol–water partition coefficient (Wildman–Crippen LogP) is 2.24. The third-order valence-corrected chi connectivity index (χ3v) is 2.78. The molecule has 0 saturated carbocycles. The van der Waals surface area contributed by atoms with E-state index in [4.69, 9.17) is 10.5 Å². The van der Waals surface area contributed by atoms with E-state index in [1.54, 1.807) is 6.20 Å². The number of anilines is 1. The monoisotopic (exact) mass is 254 g/mol. The van der Waals surface area contributed by atoms with Crippen LogP contribution in [0.15, 0.2) is 18.3 Å². The Morgan fingerprint density at radius 2 is 2.24 bits per heavy atom. The summed E-state index contributed by atoms with van der Waals surface area (Å²) in [5.74, 6) is 1.30. The molecule has 0 spiro atoms. The molecule has 0 aliphatic carbocycles. The number of nitrogens with zero attached hydrogens (tertiary/aromatic N) is 1. The Morgan fingerprint density at radius 3 is 2.82 bits per heavy atom. The molecule has 4 nitrogen and oxygen atoms in total. The van der Waals surface area contributed by atoms with Crippen LogP contribution in [0.4, 0.5) is 5.82 Å². The van der Waals surface area contributed by atoms with Crippen LogP contribution in [-0.2, 0) is 15.3 Å². The predicted molar refractivity (Wildman–Crippen MR) is 70.7 cm³/mol. The van der Waals surface area contributed by atoms with Gasteiger partial charge in [0.05, 0.1) is 5.75 Å². The number of ether oxygens (including phenoxy) is 1. The van der Waals surface area contributed by atoms with E-state index in [-0.39, 0.29) is 5.97 Å². The SMILES string of the molecule is CC(C)(C)OC(=O)CSCc1cccnc1N. The fourth-order valence-electron chi connectivity index (χ4n) is 1.19. The maximum absolute atomic E-state index is 11.4. The lowest BCUT2D eigenvalue weighted by Crippen LogP contribution is -2.24. The molecule has 2 N–H and O–H groups in total. The second-order valence-corrected chi connectivity index (χ2v) is 5.61. The summed E-state index contributed by atoms with van der Waals surface area (Å²) in [6.45, 7) is 5.57. The van der Waals surface area contributed by atoms with Gasteiger partial charge in [0.2, 0.25) is 0 Å². The van der Waals surface area contributed by atoms with E-state index in [1.807, 2.05) is 32.9 Å². The lowest BCUT2D eigenvalue weighted by atomic mass is 10.2. The zero-order valence-corrected chi connectivity index (χ0v) is 11.2. The molecular formula is C12H18N2O2S. The van der Waals surface area contributed by atoms with E-state index >= 15 is 0 Å². The number of carbonyl (C=O) groups excluding carboxylic acids is 1. The van der Waals surface area contributed by atoms with Crippen molar-refractivity contribution in [3.8, 4) is 0 Å². The highest BCUT2D eigenvalue weighted by Gasteiger charge is 2.15. The van der Waals surface area contributed by atoms with Gasteiger partial charge in [-0.15, -0.1) is 11.8 Å². The Bertz CT molecular complexity index is 388. The average molecular weight is 254 g/mol. The maximum Gasteiger partial charge on any atom is 0.316 e. The molecule has 1 aromatic rings. The zero-order valence-electron chi connectivity index (χ0n) is 10.4. The third kappa shape index (κ3) is 5.58. The first-order valence-corrected chi connectivity index (χ1v) is 6.53. The molecule has 0 bridgehead atoms. The molecule has 0 fully saturated rings. The number of pyridine rings is 1. The highest BCUT2D eigenvalue weighted by molar-refractivity contribution is 7.99. The summed E-state index contributed by atoms with van der Waals surface area (Å²) >= 11 is 1.47. The van der Waals surface area contributed by atoms with Crippen LogP contribution >= 0.6 is 11.8 Å². The number of thioether (sulfide) groups is 1. The first-order valence-electron chi connectivity index (χ1n) is 5.37. The molecule has 0 atom stereocenters. The van der Waals surface area contributed by atoms with Crippen LogP contribution in [0.3, 0.4) is 0 Å². The van der Waals surface area contributed by atoms with Crippen LogP contribution in [0, 0.1) is 0 Å². The van der Waals surface area contributed by atoms with E-state index in [0.29, 0.717) is 17.3 Å². The summed E-state index contributed by atoms with van der Waals surface area (Å²) in [6, 6.07) is 3.74. The highest BCUT2D eigenvalue weighted by Crippen LogP contribution is 2.17. The fourth-order valence-corrected chi connectivity index (χ4v) is 1.98. The van der Waals surface area contributed by atoms with Crippen LogP contribution in [0.5, 0.6) is 0 Å². The fraction of sp³-hybridized carbons (Fsp3) is 0.500. The average Bonchev–Trinajstić information content (AvgIpc) is 2.18. The second-order valence-electron chi connectivity index (χ2n) is 4.63. The zero-order chi connectivity index (χ0) is 12.9. The van der Waals surface area contributed by atoms with Crippen molar-refractivity contribution in [2.75, 3.05) is 11.5 Å². The summed E-state index contributed by atoms with van der Waals surface area (Å²) in [4.78, 5) is 15.4. The Morgan fingerprint density at radius 1 is 1.53 bits per heavy atom. The first kappa shape index (κ1) is 13.8. The normalized spacial score (nSPS) is 11.2. The minimum Gasteiger partial charge on any atom is -0.459 e. The number of rotatable bonds is 4. The van der Waals surface area contributed by atoms with Crippen LogP contribution in [0.25, 0.3) is 0 Å². The summed E-state index contributed by atoms with van der Waals surface area (Å²) in [6.07, 6.45) is 1.65. The third-order valence-electron chi connectivity index (χ3n) is 1.82. The van der Waals surface area contributed by atoms with Gasteiger partial charge in [0, 0.05) is 17.5 Å². The van der Waals surface area contributed by atoms with Gasteiger partial charge < -0.3 is 10.5 Å². The van der Waals surface area contributed by atoms with Crippen molar-refractivity contribution in [2.24, 2.45) is 0 Å². The van der Waals surface area contributed by atoms with Gasteiger partial charge in [-0.25, -0.2) is 4.98 Å². The van der Waals surface area contributed by atoms with E-state index < -0.39 is 5.60 Å². The Balaban J connectivity index is 2.34. The number of esters is 1. The lowest BCUT2D eigenvalue weighted by Gasteiger charge is -2.19. The van der Waals surface area contributed by atoms with Gasteiger partial charge in [0.15, 0.2) is 0 Å². The smallest absolute Gasteiger partial charge is 0.316 e. The molecule has 0 unspecified atom stereocenters. The molecule has 0 amide bonds. The molecule has 1 aromatic heterocycles. The topological polar surface area (TPSA) is 65.2 Å². The van der Waals surface area contributed by atoms with Crippen molar-refractivity contribution in [3.05, 3.63) is 23.9 Å². The van der Waals surface area contributed by atoms with Crippen molar-refractivity contribution < 1.29 is 9.53 Å². The summed E-state index contributed by atoms with van der Waals surface area (Å²) in [5, 5.41) is 0. The molecule has 1 heterocycles. The standard InChI is InChI=1S/C12H18N2O2S/c1-12(2,3)16-10(15)8-17-7-9-5-4-6-14-11(9)13/h4-6H,7-8H2,1-3H3,(H2,13,14). The maximum atomic E-state index is 11.4. The molecular weight excluding hydrogens is 236 g/mol. The van der Waals surface area contributed by atoms with Crippen molar-refractivity contribution in [3.63, 3.8) is 0 Å². The van der Waals surface area contributed by atoms with E-state index in [2.05, 4.69) is 4.98 Å². The van der Waals surface area contributed by atoms with Gasteiger partial charge in [-0.1, -0.05) is 6.07 Å². The summed E-state index contributed by atoms with van der Waals surface area (Å²) in [7, 11) is 0. The molecule has 5 heteroatoms. The minimum atomic E-state index is -0.426. The van der Waals surface area contributed by atoms with Gasteiger partial charge in [0.25, 0.3) is 0 Å². The lowest BCUT2D eigenvalue weighted by molar-refractivity contribution is -0.151. The number of aromatic nitrogens is 1. The molecule has 94 valence electrons. The van der Waals surface area contributed by atoms with Gasteiger partial charge in [0.1, 0.15) is 11.4 Å². The molecule has 0 radical (unpaired) electrons. The minimum absolute atomic E-state index is 0.204. The Kier molecular flexibility index (Phi) is 4.81. The molecule has 0 aliphatic rings. The van der Waals surface area contributed by atoms with Crippen LogP contribution < -0.4 is 5.73 Å². The Labute approximate surface area is 106 Å². The quantitative estimate of drug-likeness (QED) is 0.835. The van der Waals surface area contributed by atoms with Crippen molar-refractivity contribution in [1.29, 1.82) is 0 Å². The molecule has 0 aromatic carbocycles. The molecule has 0 saturated heterocycles. The van der Waals surface area contributed by atoms with Crippen LogP contribution in [-0.4, -0.2) is 22.3 Å². The number of nitrogen functional groups attached to an aromatic ring is 1. The molecule has 0 aliphatic heterocycles. The highest BCUT2D eigenvalue weighted by atomic mass is 32.2. The van der Waals surface area contributed by atoms with Crippen molar-refractivity contribution in [1.82, 2.24) is 4.98 Å². The molecule has 1 rings (SSSR count). The van der Waals surface area contributed by atoms with Gasteiger partial charge >= 0.3 is 5.97 Å². The second kappa shape index (κ2) is 5.91. The van der Waals surface area contributed by atoms with Gasteiger partial charge in [-0.3, -0.25) is 4.79 Å². The van der Waals surface area contributed by atoms with E-state index in [9.17, 15) is 4.79 Å². The largest absolute Gasteiger partial charge is 0.459 e. The molecule has 17 heavy (non-hydrogen) atoms.